The maximum atomic E-state index is 13.3. The predicted molar refractivity (Wildman–Crippen MR) is 81.7 cm³/mol. The van der Waals surface area contributed by atoms with Gasteiger partial charge in [0.2, 0.25) is 5.91 Å². The van der Waals surface area contributed by atoms with Crippen molar-refractivity contribution < 1.29 is 9.18 Å². The summed E-state index contributed by atoms with van der Waals surface area (Å²) in [6.07, 6.45) is 1.79. The first kappa shape index (κ1) is 13.8. The zero-order chi connectivity index (χ0) is 15.5. The zero-order valence-corrected chi connectivity index (χ0v) is 11.6. The van der Waals surface area contributed by atoms with Gasteiger partial charge in [0, 0.05) is 17.1 Å². The summed E-state index contributed by atoms with van der Waals surface area (Å²) in [5.41, 5.74) is 2.37. The standard InChI is InChI=1S/C17H12FN3O/c18-13-5-6-16-14(8-13)12(10-20-16)7-17(22)21-15-4-2-1-3-11(15)9-19/h1-6,8,10,20H,7H2,(H,21,22). The van der Waals surface area contributed by atoms with Crippen LogP contribution >= 0.6 is 0 Å². The second-order valence-corrected chi connectivity index (χ2v) is 4.89. The third kappa shape index (κ3) is 2.67. The Labute approximate surface area is 126 Å². The van der Waals surface area contributed by atoms with Gasteiger partial charge >= 0.3 is 0 Å². The maximum Gasteiger partial charge on any atom is 0.228 e. The average molecular weight is 293 g/mol. The molecule has 0 spiro atoms. The fourth-order valence-electron chi connectivity index (χ4n) is 2.35. The molecular formula is C17H12FN3O. The molecule has 2 N–H and O–H groups in total. The SMILES string of the molecule is N#Cc1ccccc1NC(=O)Cc1c[nH]c2ccc(F)cc12. The molecule has 3 rings (SSSR count). The number of nitrogens with one attached hydrogen (secondary N) is 2. The van der Waals surface area contributed by atoms with Crippen molar-refractivity contribution in [2.45, 2.75) is 6.42 Å². The summed E-state index contributed by atoms with van der Waals surface area (Å²) < 4.78 is 13.3. The van der Waals surface area contributed by atoms with Crippen molar-refractivity contribution in [3.63, 3.8) is 0 Å². The minimum absolute atomic E-state index is 0.100. The van der Waals surface area contributed by atoms with Crippen LogP contribution in [-0.2, 0) is 11.2 Å². The number of carbonyl (C=O) groups excluding carboxylic acids is 1. The molecule has 1 aromatic heterocycles. The number of benzene rings is 2. The molecule has 5 heteroatoms. The highest BCUT2D eigenvalue weighted by atomic mass is 19.1. The van der Waals surface area contributed by atoms with E-state index in [0.717, 1.165) is 5.52 Å². The highest BCUT2D eigenvalue weighted by molar-refractivity contribution is 5.96. The van der Waals surface area contributed by atoms with Gasteiger partial charge < -0.3 is 10.3 Å². The minimum Gasteiger partial charge on any atom is -0.361 e. The van der Waals surface area contributed by atoms with Crippen LogP contribution < -0.4 is 5.32 Å². The van der Waals surface area contributed by atoms with Crippen molar-refractivity contribution in [3.05, 3.63) is 65.6 Å². The normalized spacial score (nSPS) is 10.4. The van der Waals surface area contributed by atoms with Gasteiger partial charge in [0.05, 0.1) is 17.7 Å². The summed E-state index contributed by atoms with van der Waals surface area (Å²) >= 11 is 0. The Morgan fingerprint density at radius 2 is 2.09 bits per heavy atom. The van der Waals surface area contributed by atoms with Crippen LogP contribution in [0, 0.1) is 17.1 Å². The lowest BCUT2D eigenvalue weighted by Gasteiger charge is -2.06. The van der Waals surface area contributed by atoms with Gasteiger partial charge in [0.25, 0.3) is 0 Å². The fourth-order valence-corrected chi connectivity index (χ4v) is 2.35. The topological polar surface area (TPSA) is 68.7 Å². The monoisotopic (exact) mass is 293 g/mol. The molecule has 2 aromatic carbocycles. The predicted octanol–water partition coefficient (Wildman–Crippen LogP) is 3.36. The van der Waals surface area contributed by atoms with Crippen LogP contribution in [0.2, 0.25) is 0 Å². The lowest BCUT2D eigenvalue weighted by molar-refractivity contribution is -0.115. The molecule has 0 saturated carbocycles. The second kappa shape index (κ2) is 5.70. The zero-order valence-electron chi connectivity index (χ0n) is 11.6. The number of fused-ring (bicyclic) bond motifs is 1. The molecule has 3 aromatic rings. The molecule has 4 nitrogen and oxygen atoms in total. The Morgan fingerprint density at radius 1 is 1.27 bits per heavy atom. The molecule has 108 valence electrons. The Bertz CT molecular complexity index is 892. The van der Waals surface area contributed by atoms with Crippen LogP contribution in [-0.4, -0.2) is 10.9 Å². The van der Waals surface area contributed by atoms with Gasteiger partial charge in [-0.25, -0.2) is 4.39 Å². The van der Waals surface area contributed by atoms with E-state index in [1.807, 2.05) is 6.07 Å². The van der Waals surface area contributed by atoms with Crippen LogP contribution in [0.15, 0.2) is 48.7 Å². The van der Waals surface area contributed by atoms with E-state index in [1.165, 1.54) is 12.1 Å². The Balaban J connectivity index is 1.82. The molecule has 0 aliphatic heterocycles. The van der Waals surface area contributed by atoms with Crippen LogP contribution in [0.4, 0.5) is 10.1 Å². The molecule has 0 aliphatic carbocycles. The van der Waals surface area contributed by atoms with E-state index in [9.17, 15) is 9.18 Å². The van der Waals surface area contributed by atoms with E-state index in [4.69, 9.17) is 5.26 Å². The van der Waals surface area contributed by atoms with Crippen LogP contribution in [0.1, 0.15) is 11.1 Å². The molecule has 1 amide bonds. The summed E-state index contributed by atoms with van der Waals surface area (Å²) in [6.45, 7) is 0. The molecule has 0 bridgehead atoms. The van der Waals surface area contributed by atoms with E-state index < -0.39 is 0 Å². The van der Waals surface area contributed by atoms with Crippen molar-refractivity contribution in [2.75, 3.05) is 5.32 Å². The number of para-hydroxylation sites is 1. The number of H-pyrrole nitrogens is 1. The van der Waals surface area contributed by atoms with E-state index >= 15 is 0 Å². The number of amides is 1. The highest BCUT2D eigenvalue weighted by Crippen LogP contribution is 2.21. The van der Waals surface area contributed by atoms with E-state index in [2.05, 4.69) is 10.3 Å². The lowest BCUT2D eigenvalue weighted by Crippen LogP contribution is -2.15. The molecule has 0 radical (unpaired) electrons. The maximum absolute atomic E-state index is 13.3. The lowest BCUT2D eigenvalue weighted by atomic mass is 10.1. The number of rotatable bonds is 3. The van der Waals surface area contributed by atoms with Crippen molar-refractivity contribution in [2.24, 2.45) is 0 Å². The Hall–Kier alpha value is -3.13. The molecule has 0 unspecified atom stereocenters. The Kier molecular flexibility index (Phi) is 3.58. The van der Waals surface area contributed by atoms with Gasteiger partial charge in [-0.2, -0.15) is 5.26 Å². The number of hydrogen-bond acceptors (Lipinski definition) is 2. The number of aromatic nitrogens is 1. The first-order valence-corrected chi connectivity index (χ1v) is 6.72. The smallest absolute Gasteiger partial charge is 0.228 e. The second-order valence-electron chi connectivity index (χ2n) is 4.89. The first-order chi connectivity index (χ1) is 10.7. The van der Waals surface area contributed by atoms with Gasteiger partial charge in [-0.3, -0.25) is 4.79 Å². The average Bonchev–Trinajstić information content (AvgIpc) is 2.90. The fraction of sp³-hybridized carbons (Fsp3) is 0.0588. The molecule has 0 saturated heterocycles. The quantitative estimate of drug-likeness (QED) is 0.777. The number of nitriles is 1. The summed E-state index contributed by atoms with van der Waals surface area (Å²) in [5, 5.41) is 12.4. The molecule has 0 atom stereocenters. The molecular weight excluding hydrogens is 281 g/mol. The van der Waals surface area contributed by atoms with E-state index in [0.29, 0.717) is 22.2 Å². The molecule has 0 aliphatic rings. The van der Waals surface area contributed by atoms with Crippen molar-refractivity contribution >= 4 is 22.5 Å². The summed E-state index contributed by atoms with van der Waals surface area (Å²) in [5.74, 6) is -0.601. The number of halogens is 1. The summed E-state index contributed by atoms with van der Waals surface area (Å²) in [4.78, 5) is 15.2. The number of hydrogen-bond donors (Lipinski definition) is 2. The third-order valence-electron chi connectivity index (χ3n) is 3.40. The molecule has 22 heavy (non-hydrogen) atoms. The van der Waals surface area contributed by atoms with Crippen molar-refractivity contribution in [1.29, 1.82) is 5.26 Å². The van der Waals surface area contributed by atoms with Gasteiger partial charge in [0.1, 0.15) is 11.9 Å². The van der Waals surface area contributed by atoms with Crippen LogP contribution in [0.25, 0.3) is 10.9 Å². The van der Waals surface area contributed by atoms with Crippen LogP contribution in [0.5, 0.6) is 0 Å². The number of aromatic amines is 1. The van der Waals surface area contributed by atoms with Crippen molar-refractivity contribution in [3.8, 4) is 6.07 Å². The Morgan fingerprint density at radius 3 is 2.91 bits per heavy atom. The van der Waals surface area contributed by atoms with E-state index in [-0.39, 0.29) is 18.1 Å². The first-order valence-electron chi connectivity index (χ1n) is 6.72. The van der Waals surface area contributed by atoms with Crippen molar-refractivity contribution in [1.82, 2.24) is 4.98 Å². The highest BCUT2D eigenvalue weighted by Gasteiger charge is 2.11. The van der Waals surface area contributed by atoms with Gasteiger partial charge in [-0.05, 0) is 35.9 Å². The van der Waals surface area contributed by atoms with Gasteiger partial charge in [0.15, 0.2) is 0 Å². The summed E-state index contributed by atoms with van der Waals surface area (Å²) in [7, 11) is 0. The molecule has 1 heterocycles. The van der Waals surface area contributed by atoms with Gasteiger partial charge in [-0.1, -0.05) is 12.1 Å². The minimum atomic E-state index is -0.344. The number of nitrogens with zero attached hydrogens (tertiary/aromatic N) is 1. The largest absolute Gasteiger partial charge is 0.361 e. The van der Waals surface area contributed by atoms with Gasteiger partial charge in [-0.15, -0.1) is 0 Å². The third-order valence-corrected chi connectivity index (χ3v) is 3.40. The summed E-state index contributed by atoms with van der Waals surface area (Å²) in [6, 6.07) is 13.2. The van der Waals surface area contributed by atoms with Crippen LogP contribution in [0.3, 0.4) is 0 Å². The number of anilines is 1. The van der Waals surface area contributed by atoms with E-state index in [1.54, 1.807) is 36.5 Å². The number of carbonyl (C=O) groups is 1. The molecule has 0 fully saturated rings.